The molecule has 6 heteroatoms. The average Bonchev–Trinajstić information content (AvgIpc) is 2.47. The van der Waals surface area contributed by atoms with Crippen LogP contribution in [0.3, 0.4) is 0 Å². The minimum Gasteiger partial charge on any atom is -0.328 e. The highest BCUT2D eigenvalue weighted by Crippen LogP contribution is 2.27. The van der Waals surface area contributed by atoms with Gasteiger partial charge in [-0.25, -0.2) is 9.37 Å². The molecule has 2 aromatic rings. The van der Waals surface area contributed by atoms with Crippen LogP contribution in [0.5, 0.6) is 0 Å². The summed E-state index contributed by atoms with van der Waals surface area (Å²) >= 11 is 3.27. The number of carbonyl (C=O) groups is 1. The minimum absolute atomic E-state index is 0.0171. The van der Waals surface area contributed by atoms with Crippen molar-refractivity contribution in [3.05, 3.63) is 34.7 Å². The van der Waals surface area contributed by atoms with E-state index < -0.39 is 0 Å². The monoisotopic (exact) mass is 365 g/mol. The number of anilines is 1. The van der Waals surface area contributed by atoms with E-state index in [0.717, 1.165) is 25.7 Å². The Balaban J connectivity index is 1.77. The maximum Gasteiger partial charge on any atom is 0.228 e. The molecule has 0 saturated heterocycles. The van der Waals surface area contributed by atoms with Crippen molar-refractivity contribution in [1.82, 2.24) is 4.98 Å². The van der Waals surface area contributed by atoms with Crippen LogP contribution in [0.15, 0.2) is 28.9 Å². The van der Waals surface area contributed by atoms with Crippen molar-refractivity contribution >= 4 is 38.4 Å². The predicted molar refractivity (Wildman–Crippen MR) is 88.0 cm³/mol. The first-order valence-electron chi connectivity index (χ1n) is 7.34. The van der Waals surface area contributed by atoms with Crippen LogP contribution in [0.2, 0.25) is 0 Å². The molecule has 0 aliphatic heterocycles. The third-order valence-corrected chi connectivity index (χ3v) is 4.60. The van der Waals surface area contributed by atoms with E-state index in [0.29, 0.717) is 21.1 Å². The van der Waals surface area contributed by atoms with E-state index in [4.69, 9.17) is 5.73 Å². The topological polar surface area (TPSA) is 68.0 Å². The van der Waals surface area contributed by atoms with Crippen molar-refractivity contribution < 1.29 is 9.18 Å². The first kappa shape index (κ1) is 15.4. The molecule has 0 spiro atoms. The molecule has 0 radical (unpaired) electrons. The molecule has 0 bridgehead atoms. The molecule has 116 valence electrons. The van der Waals surface area contributed by atoms with Gasteiger partial charge < -0.3 is 11.1 Å². The number of benzene rings is 1. The van der Waals surface area contributed by atoms with Gasteiger partial charge in [0.15, 0.2) is 0 Å². The Bertz CT molecular complexity index is 714. The number of nitrogens with zero attached hydrogens (tertiary/aromatic N) is 1. The summed E-state index contributed by atoms with van der Waals surface area (Å²) in [4.78, 5) is 16.4. The van der Waals surface area contributed by atoms with Gasteiger partial charge >= 0.3 is 0 Å². The standard InChI is InChI=1S/C16H17BrFN3O/c17-11-5-10-6-15(20-8-13(10)14(18)7-11)21-16(22)9-1-3-12(19)4-2-9/h5-9,12H,1-4,19H2,(H,20,21,22). The van der Waals surface area contributed by atoms with Gasteiger partial charge in [0.05, 0.1) is 0 Å². The SMILES string of the molecule is NC1CCC(C(=O)Nc2cc3cc(Br)cc(F)c3cn2)CC1. The van der Waals surface area contributed by atoms with Crippen molar-refractivity contribution in [1.29, 1.82) is 0 Å². The van der Waals surface area contributed by atoms with Gasteiger partial charge in [-0.2, -0.15) is 0 Å². The van der Waals surface area contributed by atoms with Gasteiger partial charge in [-0.3, -0.25) is 4.79 Å². The second-order valence-electron chi connectivity index (χ2n) is 5.78. The molecule has 1 aromatic carbocycles. The predicted octanol–water partition coefficient (Wildman–Crippen LogP) is 3.59. The zero-order valence-electron chi connectivity index (χ0n) is 12.0. The van der Waals surface area contributed by atoms with Gasteiger partial charge in [0.2, 0.25) is 5.91 Å². The molecular formula is C16H17BrFN3O. The summed E-state index contributed by atoms with van der Waals surface area (Å²) in [5.74, 6) is 0.0617. The normalized spacial score (nSPS) is 21.8. The number of aromatic nitrogens is 1. The lowest BCUT2D eigenvalue weighted by Crippen LogP contribution is -2.32. The van der Waals surface area contributed by atoms with E-state index in [9.17, 15) is 9.18 Å². The van der Waals surface area contributed by atoms with Crippen LogP contribution < -0.4 is 11.1 Å². The van der Waals surface area contributed by atoms with Crippen LogP contribution in [-0.4, -0.2) is 16.9 Å². The van der Waals surface area contributed by atoms with E-state index in [1.165, 1.54) is 12.3 Å². The molecule has 1 fully saturated rings. The van der Waals surface area contributed by atoms with Crippen LogP contribution in [-0.2, 0) is 4.79 Å². The molecule has 1 saturated carbocycles. The number of amides is 1. The second kappa shape index (κ2) is 6.30. The summed E-state index contributed by atoms with van der Waals surface area (Å²) in [7, 11) is 0. The van der Waals surface area contributed by atoms with Gasteiger partial charge in [0.25, 0.3) is 0 Å². The Labute approximate surface area is 136 Å². The number of nitrogens with one attached hydrogen (secondary N) is 1. The van der Waals surface area contributed by atoms with Gasteiger partial charge in [-0.15, -0.1) is 0 Å². The number of nitrogens with two attached hydrogens (primary N) is 1. The highest BCUT2D eigenvalue weighted by molar-refractivity contribution is 9.10. The molecule has 1 aromatic heterocycles. The molecule has 1 amide bonds. The second-order valence-corrected chi connectivity index (χ2v) is 6.69. The lowest BCUT2D eigenvalue weighted by atomic mass is 9.86. The maximum atomic E-state index is 13.8. The first-order valence-corrected chi connectivity index (χ1v) is 8.13. The zero-order valence-corrected chi connectivity index (χ0v) is 13.6. The molecule has 1 aliphatic rings. The van der Waals surface area contributed by atoms with Crippen LogP contribution in [0.25, 0.3) is 10.8 Å². The molecule has 0 atom stereocenters. The van der Waals surface area contributed by atoms with E-state index in [1.54, 1.807) is 12.1 Å². The van der Waals surface area contributed by atoms with E-state index in [-0.39, 0.29) is 23.7 Å². The quantitative estimate of drug-likeness (QED) is 0.854. The van der Waals surface area contributed by atoms with Gasteiger partial charge in [0.1, 0.15) is 11.6 Å². The summed E-state index contributed by atoms with van der Waals surface area (Å²) in [6.45, 7) is 0. The van der Waals surface area contributed by atoms with Crippen LogP contribution in [0.4, 0.5) is 10.2 Å². The number of carbonyl (C=O) groups excluding carboxylic acids is 1. The van der Waals surface area contributed by atoms with Crippen molar-refractivity contribution in [2.45, 2.75) is 31.7 Å². The van der Waals surface area contributed by atoms with E-state index in [2.05, 4.69) is 26.2 Å². The summed E-state index contributed by atoms with van der Waals surface area (Å²) in [5, 5.41) is 3.96. The highest BCUT2D eigenvalue weighted by Gasteiger charge is 2.24. The van der Waals surface area contributed by atoms with Gasteiger partial charge in [-0.05, 0) is 49.3 Å². The summed E-state index contributed by atoms with van der Waals surface area (Å²) in [5.41, 5.74) is 5.86. The smallest absolute Gasteiger partial charge is 0.228 e. The number of hydrogen-bond acceptors (Lipinski definition) is 3. The third-order valence-electron chi connectivity index (χ3n) is 4.15. The van der Waals surface area contributed by atoms with Crippen LogP contribution in [0, 0.1) is 11.7 Å². The van der Waals surface area contributed by atoms with Crippen LogP contribution in [0.1, 0.15) is 25.7 Å². The van der Waals surface area contributed by atoms with E-state index >= 15 is 0 Å². The first-order chi connectivity index (χ1) is 10.5. The lowest BCUT2D eigenvalue weighted by molar-refractivity contribution is -0.120. The zero-order chi connectivity index (χ0) is 15.7. The minimum atomic E-state index is -0.337. The van der Waals surface area contributed by atoms with Crippen molar-refractivity contribution in [3.8, 4) is 0 Å². The summed E-state index contributed by atoms with van der Waals surface area (Å²) in [6, 6.07) is 5.10. The van der Waals surface area contributed by atoms with E-state index in [1.807, 2.05) is 0 Å². The van der Waals surface area contributed by atoms with Crippen molar-refractivity contribution in [3.63, 3.8) is 0 Å². The number of hydrogen-bond donors (Lipinski definition) is 2. The molecule has 0 unspecified atom stereocenters. The maximum absolute atomic E-state index is 13.8. The Kier molecular flexibility index (Phi) is 4.40. The molecule has 3 rings (SSSR count). The number of fused-ring (bicyclic) bond motifs is 1. The highest BCUT2D eigenvalue weighted by atomic mass is 79.9. The summed E-state index contributed by atoms with van der Waals surface area (Å²) < 4.78 is 14.5. The largest absolute Gasteiger partial charge is 0.328 e. The number of halogens is 2. The van der Waals surface area contributed by atoms with Gasteiger partial charge in [-0.1, -0.05) is 15.9 Å². The third kappa shape index (κ3) is 3.28. The molecule has 22 heavy (non-hydrogen) atoms. The van der Waals surface area contributed by atoms with Crippen LogP contribution >= 0.6 is 15.9 Å². The molecule has 3 N–H and O–H groups in total. The average molecular weight is 366 g/mol. The fourth-order valence-electron chi connectivity index (χ4n) is 2.86. The van der Waals surface area contributed by atoms with Crippen molar-refractivity contribution in [2.75, 3.05) is 5.32 Å². The van der Waals surface area contributed by atoms with Gasteiger partial charge in [0, 0.05) is 28.0 Å². The Morgan fingerprint density at radius 3 is 2.73 bits per heavy atom. The molecular weight excluding hydrogens is 349 g/mol. The lowest BCUT2D eigenvalue weighted by Gasteiger charge is -2.24. The fraction of sp³-hybridized carbons (Fsp3) is 0.375. The Morgan fingerprint density at radius 1 is 1.27 bits per heavy atom. The molecule has 1 heterocycles. The number of rotatable bonds is 2. The molecule has 4 nitrogen and oxygen atoms in total. The summed E-state index contributed by atoms with van der Waals surface area (Å²) in [6.07, 6.45) is 4.81. The fourth-order valence-corrected chi connectivity index (χ4v) is 3.30. The Morgan fingerprint density at radius 2 is 2.00 bits per heavy atom. The number of pyridine rings is 1. The molecule has 1 aliphatic carbocycles. The van der Waals surface area contributed by atoms with Crippen molar-refractivity contribution in [2.24, 2.45) is 11.7 Å². The Hall–Kier alpha value is -1.53.